The van der Waals surface area contributed by atoms with Crippen molar-refractivity contribution in [1.29, 1.82) is 0 Å². The molecule has 0 radical (unpaired) electrons. The molecule has 3 nitrogen and oxygen atoms in total. The SMILES string of the molecule is CCN(CCCCl)C(=O)c1ccc(C(F)(F)F)cn1. The monoisotopic (exact) mass is 294 g/mol. The molecule has 0 atom stereocenters. The van der Waals surface area contributed by atoms with Crippen LogP contribution in [0.4, 0.5) is 13.2 Å². The van der Waals surface area contributed by atoms with Gasteiger partial charge in [0.15, 0.2) is 0 Å². The highest BCUT2D eigenvalue weighted by molar-refractivity contribution is 6.17. The summed E-state index contributed by atoms with van der Waals surface area (Å²) < 4.78 is 37.1. The summed E-state index contributed by atoms with van der Waals surface area (Å²) >= 11 is 5.55. The average molecular weight is 295 g/mol. The molecule has 1 amide bonds. The van der Waals surface area contributed by atoms with Gasteiger partial charge in [0.25, 0.3) is 5.91 Å². The molecule has 0 aliphatic carbocycles. The van der Waals surface area contributed by atoms with E-state index in [0.29, 0.717) is 31.6 Å². The van der Waals surface area contributed by atoms with Crippen LogP contribution in [0.5, 0.6) is 0 Å². The van der Waals surface area contributed by atoms with Crippen LogP contribution in [0, 0.1) is 0 Å². The second kappa shape index (κ2) is 6.75. The molecule has 0 saturated carbocycles. The molecule has 0 aromatic carbocycles. The van der Waals surface area contributed by atoms with Crippen LogP contribution in [-0.2, 0) is 6.18 Å². The van der Waals surface area contributed by atoms with Gasteiger partial charge < -0.3 is 4.90 Å². The Kier molecular flexibility index (Phi) is 5.60. The topological polar surface area (TPSA) is 33.2 Å². The highest BCUT2D eigenvalue weighted by atomic mass is 35.5. The van der Waals surface area contributed by atoms with Crippen molar-refractivity contribution in [1.82, 2.24) is 9.88 Å². The van der Waals surface area contributed by atoms with Crippen molar-refractivity contribution in [2.75, 3.05) is 19.0 Å². The maximum Gasteiger partial charge on any atom is 0.417 e. The van der Waals surface area contributed by atoms with E-state index in [9.17, 15) is 18.0 Å². The second-order valence-corrected chi connectivity index (χ2v) is 4.24. The molecule has 1 aromatic rings. The van der Waals surface area contributed by atoms with E-state index in [1.807, 2.05) is 0 Å². The van der Waals surface area contributed by atoms with Crippen molar-refractivity contribution in [3.8, 4) is 0 Å². The van der Waals surface area contributed by atoms with Crippen LogP contribution in [0.3, 0.4) is 0 Å². The number of alkyl halides is 4. The Bertz CT molecular complexity index is 420. The summed E-state index contributed by atoms with van der Waals surface area (Å²) in [5.74, 6) is 0.0332. The summed E-state index contributed by atoms with van der Waals surface area (Å²) in [6.07, 6.45) is -3.15. The number of nitrogens with zero attached hydrogens (tertiary/aromatic N) is 2. The minimum absolute atomic E-state index is 0.00409. The number of rotatable bonds is 5. The summed E-state index contributed by atoms with van der Waals surface area (Å²) in [6, 6.07) is 1.95. The van der Waals surface area contributed by atoms with Gasteiger partial charge in [-0.2, -0.15) is 13.2 Å². The highest BCUT2D eigenvalue weighted by Gasteiger charge is 2.31. The van der Waals surface area contributed by atoms with Gasteiger partial charge in [0.05, 0.1) is 5.56 Å². The largest absolute Gasteiger partial charge is 0.417 e. The van der Waals surface area contributed by atoms with Gasteiger partial charge >= 0.3 is 6.18 Å². The molecule has 0 aliphatic rings. The predicted octanol–water partition coefficient (Wildman–Crippen LogP) is 3.19. The van der Waals surface area contributed by atoms with E-state index >= 15 is 0 Å². The van der Waals surface area contributed by atoms with E-state index in [0.717, 1.165) is 12.1 Å². The molecule has 0 spiro atoms. The standard InChI is InChI=1S/C12H14ClF3N2O/c1-2-18(7-3-6-13)11(19)10-5-4-9(8-17-10)12(14,15)16/h4-5,8H,2-3,6-7H2,1H3. The van der Waals surface area contributed by atoms with Crippen LogP contribution in [0.1, 0.15) is 29.4 Å². The first-order chi connectivity index (χ1) is 8.90. The van der Waals surface area contributed by atoms with Gasteiger partial charge in [0.1, 0.15) is 5.69 Å². The Morgan fingerprint density at radius 1 is 1.42 bits per heavy atom. The maximum absolute atomic E-state index is 12.4. The van der Waals surface area contributed by atoms with Gasteiger partial charge in [0.2, 0.25) is 0 Å². The minimum Gasteiger partial charge on any atom is -0.338 e. The first-order valence-corrected chi connectivity index (χ1v) is 6.32. The van der Waals surface area contributed by atoms with Crippen LogP contribution < -0.4 is 0 Å². The molecule has 0 unspecified atom stereocenters. The molecule has 7 heteroatoms. The Morgan fingerprint density at radius 3 is 2.53 bits per heavy atom. The predicted molar refractivity (Wildman–Crippen MR) is 66.2 cm³/mol. The van der Waals surface area contributed by atoms with E-state index in [2.05, 4.69) is 4.98 Å². The quantitative estimate of drug-likeness (QED) is 0.781. The van der Waals surface area contributed by atoms with Gasteiger partial charge in [-0.15, -0.1) is 11.6 Å². The summed E-state index contributed by atoms with van der Waals surface area (Å²) in [7, 11) is 0. The summed E-state index contributed by atoms with van der Waals surface area (Å²) in [6.45, 7) is 2.70. The van der Waals surface area contributed by atoms with Gasteiger partial charge in [-0.1, -0.05) is 0 Å². The highest BCUT2D eigenvalue weighted by Crippen LogP contribution is 2.28. The van der Waals surface area contributed by atoms with E-state index < -0.39 is 11.7 Å². The molecule has 0 fully saturated rings. The Balaban J connectivity index is 2.82. The maximum atomic E-state index is 12.4. The molecule has 0 aliphatic heterocycles. The third-order valence-electron chi connectivity index (χ3n) is 2.54. The lowest BCUT2D eigenvalue weighted by atomic mass is 10.2. The summed E-state index contributed by atoms with van der Waals surface area (Å²) in [5, 5.41) is 0. The molecule has 0 saturated heterocycles. The number of amides is 1. The number of carbonyl (C=O) groups excluding carboxylic acids is 1. The molecule has 1 heterocycles. The van der Waals surface area contributed by atoms with Gasteiger partial charge in [-0.3, -0.25) is 9.78 Å². The molecule has 1 aromatic heterocycles. The molecule has 0 bridgehead atoms. The first kappa shape index (κ1) is 15.8. The van der Waals surface area contributed by atoms with Crippen molar-refractivity contribution < 1.29 is 18.0 Å². The van der Waals surface area contributed by atoms with Crippen molar-refractivity contribution in [2.24, 2.45) is 0 Å². The molecule has 1 rings (SSSR count). The van der Waals surface area contributed by atoms with Gasteiger partial charge in [-0.25, -0.2) is 0 Å². The smallest absolute Gasteiger partial charge is 0.338 e. The van der Waals surface area contributed by atoms with Gasteiger partial charge in [0, 0.05) is 25.2 Å². The zero-order valence-corrected chi connectivity index (χ0v) is 11.1. The molecular weight excluding hydrogens is 281 g/mol. The Labute approximate surface area is 114 Å². The van der Waals surface area contributed by atoms with Crippen LogP contribution in [-0.4, -0.2) is 34.8 Å². The van der Waals surface area contributed by atoms with Crippen LogP contribution in [0.15, 0.2) is 18.3 Å². The normalized spacial score (nSPS) is 11.4. The lowest BCUT2D eigenvalue weighted by Crippen LogP contribution is -2.32. The number of hydrogen-bond acceptors (Lipinski definition) is 2. The van der Waals surface area contributed by atoms with Crippen LogP contribution in [0.2, 0.25) is 0 Å². The van der Waals surface area contributed by atoms with Gasteiger partial charge in [-0.05, 0) is 25.5 Å². The van der Waals surface area contributed by atoms with E-state index in [1.165, 1.54) is 4.90 Å². The number of carbonyl (C=O) groups is 1. The van der Waals surface area contributed by atoms with Crippen LogP contribution >= 0.6 is 11.6 Å². The number of halogens is 4. The van der Waals surface area contributed by atoms with Crippen molar-refractivity contribution in [3.63, 3.8) is 0 Å². The molecule has 106 valence electrons. The van der Waals surface area contributed by atoms with Crippen molar-refractivity contribution in [3.05, 3.63) is 29.6 Å². The first-order valence-electron chi connectivity index (χ1n) is 5.78. The third-order valence-corrected chi connectivity index (χ3v) is 2.81. The fourth-order valence-electron chi connectivity index (χ4n) is 1.50. The lowest BCUT2D eigenvalue weighted by molar-refractivity contribution is -0.137. The number of pyridine rings is 1. The van der Waals surface area contributed by atoms with E-state index in [-0.39, 0.29) is 11.6 Å². The average Bonchev–Trinajstić information content (AvgIpc) is 2.38. The fourth-order valence-corrected chi connectivity index (χ4v) is 1.62. The zero-order valence-electron chi connectivity index (χ0n) is 10.4. The Morgan fingerprint density at radius 2 is 2.11 bits per heavy atom. The van der Waals surface area contributed by atoms with Crippen molar-refractivity contribution in [2.45, 2.75) is 19.5 Å². The number of hydrogen-bond donors (Lipinski definition) is 0. The van der Waals surface area contributed by atoms with E-state index in [1.54, 1.807) is 6.92 Å². The molecular formula is C12H14ClF3N2O. The molecule has 19 heavy (non-hydrogen) atoms. The second-order valence-electron chi connectivity index (χ2n) is 3.86. The van der Waals surface area contributed by atoms with Crippen LogP contribution in [0.25, 0.3) is 0 Å². The zero-order chi connectivity index (χ0) is 14.5. The minimum atomic E-state index is -4.45. The van der Waals surface area contributed by atoms with Crippen molar-refractivity contribution >= 4 is 17.5 Å². The fraction of sp³-hybridized carbons (Fsp3) is 0.500. The summed E-state index contributed by atoms with van der Waals surface area (Å²) in [5.41, 5.74) is -0.864. The number of aromatic nitrogens is 1. The third kappa shape index (κ3) is 4.38. The molecule has 0 N–H and O–H groups in total. The lowest BCUT2D eigenvalue weighted by Gasteiger charge is -2.20. The summed E-state index contributed by atoms with van der Waals surface area (Å²) in [4.78, 5) is 17.1. The Hall–Kier alpha value is -1.30. The van der Waals surface area contributed by atoms with E-state index in [4.69, 9.17) is 11.6 Å².